The first-order chi connectivity index (χ1) is 11.4. The van der Waals surface area contributed by atoms with Gasteiger partial charge < -0.3 is 30.6 Å². The zero-order valence-corrected chi connectivity index (χ0v) is 12.9. The fourth-order valence-electron chi connectivity index (χ4n) is 2.50. The van der Waals surface area contributed by atoms with E-state index in [0.29, 0.717) is 23.1 Å². The summed E-state index contributed by atoms with van der Waals surface area (Å²) in [5.41, 5.74) is 1.89. The maximum absolute atomic E-state index is 9.64. The van der Waals surface area contributed by atoms with Gasteiger partial charge in [-0.25, -0.2) is 0 Å². The van der Waals surface area contributed by atoms with Gasteiger partial charge in [0, 0.05) is 5.92 Å². The van der Waals surface area contributed by atoms with Crippen molar-refractivity contribution in [2.45, 2.75) is 12.8 Å². The fraction of sp³-hybridized carbons (Fsp3) is 0.222. The third-order valence-electron chi connectivity index (χ3n) is 3.88. The highest BCUT2D eigenvalue weighted by molar-refractivity contribution is 5.42. The van der Waals surface area contributed by atoms with Crippen LogP contribution in [-0.4, -0.2) is 37.2 Å². The normalized spacial score (nSPS) is 13.0. The first-order valence-corrected chi connectivity index (χ1v) is 7.40. The van der Waals surface area contributed by atoms with E-state index in [1.807, 2.05) is 0 Å². The van der Waals surface area contributed by atoms with E-state index < -0.39 is 5.92 Å². The summed E-state index contributed by atoms with van der Waals surface area (Å²) in [6, 6.07) is 8.74. The highest BCUT2D eigenvalue weighted by Crippen LogP contribution is 2.30. The number of hydrogen-bond donors (Lipinski definition) is 6. The zero-order chi connectivity index (χ0) is 17.7. The Kier molecular flexibility index (Phi) is 5.55. The molecule has 0 radical (unpaired) electrons. The molecule has 0 aliphatic rings. The topological polar surface area (TPSA) is 121 Å². The summed E-state index contributed by atoms with van der Waals surface area (Å²) >= 11 is 0. The lowest BCUT2D eigenvalue weighted by molar-refractivity contribution is 0.241. The Morgan fingerprint density at radius 1 is 0.833 bits per heavy atom. The molecule has 0 saturated heterocycles. The molecule has 1 unspecified atom stereocenters. The second-order valence-corrected chi connectivity index (χ2v) is 5.61. The molecule has 24 heavy (non-hydrogen) atoms. The van der Waals surface area contributed by atoms with Crippen LogP contribution in [0.1, 0.15) is 11.1 Å². The summed E-state index contributed by atoms with van der Waals surface area (Å²) in [5.74, 6) is -1.37. The van der Waals surface area contributed by atoms with E-state index in [1.165, 1.54) is 24.3 Å². The Morgan fingerprint density at radius 2 is 1.38 bits per heavy atom. The summed E-state index contributed by atoms with van der Waals surface area (Å²) in [6.07, 6.45) is 1.55. The molecular formula is C18H20O6. The molecule has 0 saturated carbocycles. The number of phenolic OH excluding ortho intramolecular Hbond substituents is 4. The van der Waals surface area contributed by atoms with Crippen LogP contribution in [0.3, 0.4) is 0 Å². The molecular weight excluding hydrogens is 312 g/mol. The molecule has 6 nitrogen and oxygen atoms in total. The standard InChI is InChI=1S/C18H20O6/c19-9-13(5-11-1-3-15(21)17(23)7-11)14(10-20)6-12-2-4-16(22)18(24)8-12/h1-4,7-9,14,19-24H,5-6,10H2. The van der Waals surface area contributed by atoms with Gasteiger partial charge in [0.05, 0.1) is 12.9 Å². The smallest absolute Gasteiger partial charge is 0.157 e. The third-order valence-corrected chi connectivity index (χ3v) is 3.88. The third kappa shape index (κ3) is 4.11. The maximum atomic E-state index is 9.64. The average Bonchev–Trinajstić information content (AvgIpc) is 2.57. The molecule has 2 rings (SSSR count). The first-order valence-electron chi connectivity index (χ1n) is 7.40. The maximum Gasteiger partial charge on any atom is 0.157 e. The van der Waals surface area contributed by atoms with Crippen LogP contribution in [-0.2, 0) is 12.8 Å². The van der Waals surface area contributed by atoms with E-state index in [-0.39, 0.29) is 36.0 Å². The summed E-state index contributed by atoms with van der Waals surface area (Å²) in [7, 11) is 0. The quantitative estimate of drug-likeness (QED) is 0.357. The molecule has 0 aromatic heterocycles. The Hall–Kier alpha value is -2.86. The lowest BCUT2D eigenvalue weighted by Gasteiger charge is -2.18. The van der Waals surface area contributed by atoms with Crippen LogP contribution in [0, 0.1) is 5.92 Å². The minimum atomic E-state index is -0.408. The van der Waals surface area contributed by atoms with Gasteiger partial charge in [0.25, 0.3) is 0 Å². The van der Waals surface area contributed by atoms with Gasteiger partial charge in [-0.1, -0.05) is 12.1 Å². The number of rotatable bonds is 6. The van der Waals surface area contributed by atoms with E-state index in [2.05, 4.69) is 0 Å². The SMILES string of the molecule is OC=C(Cc1ccc(O)c(O)c1)C(CO)Cc1ccc(O)c(O)c1. The molecule has 6 N–H and O–H groups in total. The number of aliphatic hydroxyl groups is 2. The van der Waals surface area contributed by atoms with E-state index >= 15 is 0 Å². The number of aromatic hydroxyl groups is 4. The Morgan fingerprint density at radius 3 is 1.88 bits per heavy atom. The van der Waals surface area contributed by atoms with Crippen LogP contribution in [0.5, 0.6) is 23.0 Å². The van der Waals surface area contributed by atoms with Crippen LogP contribution in [0.2, 0.25) is 0 Å². The summed E-state index contributed by atoms with van der Waals surface area (Å²) in [4.78, 5) is 0. The van der Waals surface area contributed by atoms with Crippen molar-refractivity contribution in [3.05, 3.63) is 59.4 Å². The lowest BCUT2D eigenvalue weighted by Crippen LogP contribution is -2.15. The molecule has 2 aromatic rings. The predicted octanol–water partition coefficient (Wildman–Crippen LogP) is 2.34. The Bertz CT molecular complexity index is 738. The fourth-order valence-corrected chi connectivity index (χ4v) is 2.50. The van der Waals surface area contributed by atoms with E-state index in [9.17, 15) is 30.6 Å². The average molecular weight is 332 g/mol. The van der Waals surface area contributed by atoms with Crippen molar-refractivity contribution in [1.29, 1.82) is 0 Å². The minimum Gasteiger partial charge on any atom is -0.516 e. The van der Waals surface area contributed by atoms with E-state index in [0.717, 1.165) is 6.26 Å². The molecule has 2 aromatic carbocycles. The molecule has 128 valence electrons. The number of phenols is 4. The molecule has 0 amide bonds. The highest BCUT2D eigenvalue weighted by atomic mass is 16.3. The first kappa shape index (κ1) is 17.5. The van der Waals surface area contributed by atoms with E-state index in [1.54, 1.807) is 12.1 Å². The van der Waals surface area contributed by atoms with E-state index in [4.69, 9.17) is 0 Å². The van der Waals surface area contributed by atoms with Gasteiger partial charge in [-0.05, 0) is 53.8 Å². The molecule has 0 aliphatic carbocycles. The van der Waals surface area contributed by atoms with Crippen LogP contribution in [0.15, 0.2) is 48.2 Å². The zero-order valence-electron chi connectivity index (χ0n) is 12.9. The van der Waals surface area contributed by atoms with Crippen molar-refractivity contribution in [2.24, 2.45) is 5.92 Å². The predicted molar refractivity (Wildman–Crippen MR) is 88.2 cm³/mol. The van der Waals surface area contributed by atoms with Gasteiger partial charge in [-0.15, -0.1) is 0 Å². The highest BCUT2D eigenvalue weighted by Gasteiger charge is 2.17. The van der Waals surface area contributed by atoms with Crippen LogP contribution in [0.25, 0.3) is 0 Å². The molecule has 0 aliphatic heterocycles. The molecule has 0 spiro atoms. The van der Waals surface area contributed by atoms with Gasteiger partial charge in [0.1, 0.15) is 0 Å². The largest absolute Gasteiger partial charge is 0.516 e. The van der Waals surface area contributed by atoms with Crippen molar-refractivity contribution in [1.82, 2.24) is 0 Å². The number of hydrogen-bond acceptors (Lipinski definition) is 6. The Labute approximate surface area is 139 Å². The molecule has 0 bridgehead atoms. The molecule has 1 atom stereocenters. The monoisotopic (exact) mass is 332 g/mol. The number of benzene rings is 2. The summed E-state index contributed by atoms with van der Waals surface area (Å²) in [5, 5.41) is 56.9. The minimum absolute atomic E-state index is 0.224. The second kappa shape index (κ2) is 7.61. The van der Waals surface area contributed by atoms with Gasteiger partial charge in [-0.3, -0.25) is 0 Å². The molecule has 6 heteroatoms. The van der Waals surface area contributed by atoms with Crippen LogP contribution >= 0.6 is 0 Å². The van der Waals surface area contributed by atoms with Crippen molar-refractivity contribution in [2.75, 3.05) is 6.61 Å². The van der Waals surface area contributed by atoms with Crippen molar-refractivity contribution >= 4 is 0 Å². The second-order valence-electron chi connectivity index (χ2n) is 5.61. The molecule has 0 heterocycles. The molecule has 0 fully saturated rings. The van der Waals surface area contributed by atoms with Crippen molar-refractivity contribution in [3.63, 3.8) is 0 Å². The van der Waals surface area contributed by atoms with Crippen molar-refractivity contribution in [3.8, 4) is 23.0 Å². The summed E-state index contributed by atoms with van der Waals surface area (Å²) < 4.78 is 0. The van der Waals surface area contributed by atoms with Crippen LogP contribution in [0.4, 0.5) is 0 Å². The number of aliphatic hydroxyl groups excluding tert-OH is 2. The van der Waals surface area contributed by atoms with Crippen molar-refractivity contribution < 1.29 is 30.6 Å². The summed E-state index contributed by atoms with van der Waals surface area (Å²) in [6.45, 7) is -0.224. The van der Waals surface area contributed by atoms with Gasteiger partial charge >= 0.3 is 0 Å². The van der Waals surface area contributed by atoms with Gasteiger partial charge in [0.2, 0.25) is 0 Å². The van der Waals surface area contributed by atoms with Gasteiger partial charge in [-0.2, -0.15) is 0 Å². The lowest BCUT2D eigenvalue weighted by atomic mass is 9.89. The van der Waals surface area contributed by atoms with Gasteiger partial charge in [0.15, 0.2) is 23.0 Å². The van der Waals surface area contributed by atoms with Crippen LogP contribution < -0.4 is 0 Å². The Balaban J connectivity index is 2.16.